The van der Waals surface area contributed by atoms with Gasteiger partial charge in [0.05, 0.1) is 6.33 Å². The third kappa shape index (κ3) is 7.86. The van der Waals surface area contributed by atoms with E-state index in [1.807, 2.05) is 0 Å². The maximum Gasteiger partial charge on any atom is 0.364 e. The predicted octanol–water partition coefficient (Wildman–Crippen LogP) is -0.151. The van der Waals surface area contributed by atoms with Crippen molar-refractivity contribution in [2.75, 3.05) is 0 Å². The van der Waals surface area contributed by atoms with Crippen LogP contribution in [0.5, 0.6) is 0 Å². The summed E-state index contributed by atoms with van der Waals surface area (Å²) in [6, 6.07) is -2.13. The van der Waals surface area contributed by atoms with E-state index in [4.69, 9.17) is 10.4 Å². The number of carbonyl (C=O) groups is 4. The molecular formula is C16H24N4O7. The molecule has 5 N–H and O–H groups in total. The van der Waals surface area contributed by atoms with E-state index in [1.54, 1.807) is 13.8 Å². The summed E-state index contributed by atoms with van der Waals surface area (Å²) in [5, 5.41) is 22.2. The first-order chi connectivity index (χ1) is 12.7. The molecule has 0 aliphatic rings. The van der Waals surface area contributed by atoms with Crippen molar-refractivity contribution in [1.82, 2.24) is 20.6 Å². The molecule has 2 unspecified atom stereocenters. The highest BCUT2D eigenvalue weighted by Crippen LogP contribution is 2.06. The van der Waals surface area contributed by atoms with Gasteiger partial charge >= 0.3 is 11.9 Å². The van der Waals surface area contributed by atoms with Crippen LogP contribution in [-0.4, -0.2) is 56.2 Å². The van der Waals surface area contributed by atoms with Gasteiger partial charge in [0.15, 0.2) is 0 Å². The summed E-state index contributed by atoms with van der Waals surface area (Å²) in [5.41, 5.74) is 0.576. The van der Waals surface area contributed by atoms with Gasteiger partial charge in [-0.15, -0.1) is 0 Å². The number of hydrogen-bond acceptors (Lipinski definition) is 7. The van der Waals surface area contributed by atoms with Gasteiger partial charge in [-0.05, 0) is 12.3 Å². The van der Waals surface area contributed by atoms with Crippen molar-refractivity contribution in [2.45, 2.75) is 51.6 Å². The number of nitrogens with zero attached hydrogens (tertiary/aromatic N) is 1. The molecule has 2 atom stereocenters. The van der Waals surface area contributed by atoms with Gasteiger partial charge < -0.3 is 20.7 Å². The van der Waals surface area contributed by atoms with Crippen LogP contribution in [0.3, 0.4) is 0 Å². The Balaban J connectivity index is 2.80. The van der Waals surface area contributed by atoms with Crippen molar-refractivity contribution in [3.63, 3.8) is 0 Å². The minimum atomic E-state index is -1.10. The van der Waals surface area contributed by atoms with E-state index in [0.29, 0.717) is 5.69 Å². The van der Waals surface area contributed by atoms with Gasteiger partial charge in [-0.2, -0.15) is 5.26 Å². The molecular weight excluding hydrogens is 360 g/mol. The molecule has 0 fully saturated rings. The number of aromatic nitrogens is 2. The Kier molecular flexibility index (Phi) is 8.93. The van der Waals surface area contributed by atoms with Crippen LogP contribution in [0.15, 0.2) is 12.5 Å². The van der Waals surface area contributed by atoms with E-state index in [1.165, 1.54) is 12.5 Å². The van der Waals surface area contributed by atoms with Gasteiger partial charge in [0.25, 0.3) is 0 Å². The highest BCUT2D eigenvalue weighted by Gasteiger charge is 2.30. The molecule has 0 radical (unpaired) electrons. The quantitative estimate of drug-likeness (QED) is 0.259. The van der Waals surface area contributed by atoms with Gasteiger partial charge in [-0.1, -0.05) is 13.8 Å². The standard InChI is InChI=1S/C16H24N4O7/c1-9(2)14(16(25)27-26)20-15(24)11(6-10-7-17-8-18-10)19-12(21)4-3-5-13(22)23/h7-9,11,14,26H,3-6H2,1-2H3,(H,17,18)(H,19,21)(H,20,24)(H,22,23). The molecule has 0 aliphatic heterocycles. The second-order valence-corrected chi connectivity index (χ2v) is 6.29. The van der Waals surface area contributed by atoms with E-state index in [2.05, 4.69) is 25.5 Å². The average Bonchev–Trinajstić information content (AvgIpc) is 3.10. The lowest BCUT2D eigenvalue weighted by atomic mass is 10.0. The van der Waals surface area contributed by atoms with Crippen LogP contribution in [0.25, 0.3) is 0 Å². The highest BCUT2D eigenvalue weighted by atomic mass is 17.1. The zero-order valence-corrected chi connectivity index (χ0v) is 15.1. The Morgan fingerprint density at radius 1 is 1.22 bits per heavy atom. The largest absolute Gasteiger partial charge is 0.481 e. The van der Waals surface area contributed by atoms with Crippen molar-refractivity contribution in [3.8, 4) is 0 Å². The first-order valence-electron chi connectivity index (χ1n) is 8.38. The molecule has 27 heavy (non-hydrogen) atoms. The number of H-pyrrole nitrogens is 1. The molecule has 0 aromatic carbocycles. The lowest BCUT2D eigenvalue weighted by Crippen LogP contribution is -2.54. The first kappa shape index (κ1) is 22.1. The van der Waals surface area contributed by atoms with Crippen LogP contribution < -0.4 is 10.6 Å². The number of aromatic amines is 1. The molecule has 11 heteroatoms. The lowest BCUT2D eigenvalue weighted by molar-refractivity contribution is -0.237. The molecule has 11 nitrogen and oxygen atoms in total. The maximum absolute atomic E-state index is 12.6. The molecule has 0 saturated heterocycles. The summed E-state index contributed by atoms with van der Waals surface area (Å²) in [7, 11) is 0. The maximum atomic E-state index is 12.6. The number of imidazole rings is 1. The molecule has 1 heterocycles. The monoisotopic (exact) mass is 384 g/mol. The second kappa shape index (κ2) is 10.9. The summed E-state index contributed by atoms with van der Waals surface area (Å²) >= 11 is 0. The number of aliphatic carboxylic acids is 1. The van der Waals surface area contributed by atoms with Crippen LogP contribution in [0.4, 0.5) is 0 Å². The zero-order valence-electron chi connectivity index (χ0n) is 15.1. The average molecular weight is 384 g/mol. The Morgan fingerprint density at radius 2 is 1.93 bits per heavy atom. The second-order valence-electron chi connectivity index (χ2n) is 6.29. The van der Waals surface area contributed by atoms with Crippen LogP contribution in [0.1, 0.15) is 38.8 Å². The van der Waals surface area contributed by atoms with E-state index in [9.17, 15) is 19.2 Å². The fourth-order valence-electron chi connectivity index (χ4n) is 2.30. The third-order valence-corrected chi connectivity index (χ3v) is 3.73. The van der Waals surface area contributed by atoms with Crippen LogP contribution >= 0.6 is 0 Å². The summed E-state index contributed by atoms with van der Waals surface area (Å²) < 4.78 is 0. The van der Waals surface area contributed by atoms with Gasteiger partial charge in [-0.25, -0.2) is 9.78 Å². The molecule has 1 aromatic heterocycles. The van der Waals surface area contributed by atoms with E-state index >= 15 is 0 Å². The molecule has 0 aliphatic carbocycles. The van der Waals surface area contributed by atoms with Crippen LogP contribution in [-0.2, 0) is 30.5 Å². The molecule has 2 amide bonds. The van der Waals surface area contributed by atoms with Gasteiger partial charge in [0.1, 0.15) is 12.1 Å². The van der Waals surface area contributed by atoms with Crippen molar-refractivity contribution in [3.05, 3.63) is 18.2 Å². The van der Waals surface area contributed by atoms with Crippen molar-refractivity contribution in [2.24, 2.45) is 5.92 Å². The Hall–Kier alpha value is -2.95. The fraction of sp³-hybridized carbons (Fsp3) is 0.562. The number of carbonyl (C=O) groups excluding carboxylic acids is 3. The minimum Gasteiger partial charge on any atom is -0.481 e. The lowest BCUT2D eigenvalue weighted by Gasteiger charge is -2.23. The van der Waals surface area contributed by atoms with Crippen molar-refractivity contribution in [1.29, 1.82) is 0 Å². The number of hydrogen-bond donors (Lipinski definition) is 5. The Morgan fingerprint density at radius 3 is 2.44 bits per heavy atom. The van der Waals surface area contributed by atoms with Crippen molar-refractivity contribution >= 4 is 23.8 Å². The van der Waals surface area contributed by atoms with Crippen LogP contribution in [0, 0.1) is 5.92 Å². The third-order valence-electron chi connectivity index (χ3n) is 3.73. The Bertz CT molecular complexity index is 645. The molecule has 150 valence electrons. The van der Waals surface area contributed by atoms with Gasteiger partial charge in [0.2, 0.25) is 11.8 Å². The zero-order chi connectivity index (χ0) is 20.4. The number of rotatable bonds is 11. The summed E-state index contributed by atoms with van der Waals surface area (Å²) in [6.45, 7) is 3.30. The van der Waals surface area contributed by atoms with E-state index in [0.717, 1.165) is 0 Å². The molecule has 1 rings (SSSR count). The predicted molar refractivity (Wildman–Crippen MR) is 91.2 cm³/mol. The molecule has 1 aromatic rings. The number of carboxylic acid groups (broad SMARTS) is 1. The smallest absolute Gasteiger partial charge is 0.364 e. The minimum absolute atomic E-state index is 0.0641. The summed E-state index contributed by atoms with van der Waals surface area (Å²) in [6.07, 6.45) is 2.88. The first-order valence-corrected chi connectivity index (χ1v) is 8.38. The number of amides is 2. The number of nitrogens with one attached hydrogen (secondary N) is 3. The van der Waals surface area contributed by atoms with Crippen LogP contribution in [0.2, 0.25) is 0 Å². The Labute approximate surface area is 155 Å². The highest BCUT2D eigenvalue weighted by molar-refractivity contribution is 5.91. The van der Waals surface area contributed by atoms with Gasteiger partial charge in [-0.3, -0.25) is 19.3 Å². The molecule has 0 spiro atoms. The molecule has 0 bridgehead atoms. The normalized spacial score (nSPS) is 12.9. The summed E-state index contributed by atoms with van der Waals surface area (Å²) in [5.74, 6) is -3.56. The molecule has 0 saturated carbocycles. The summed E-state index contributed by atoms with van der Waals surface area (Å²) in [4.78, 5) is 57.1. The fourth-order valence-corrected chi connectivity index (χ4v) is 2.30. The van der Waals surface area contributed by atoms with Crippen molar-refractivity contribution < 1.29 is 34.4 Å². The number of carboxylic acids is 1. The van der Waals surface area contributed by atoms with Gasteiger partial charge in [0, 0.05) is 31.2 Å². The van der Waals surface area contributed by atoms with E-state index in [-0.39, 0.29) is 31.6 Å². The topological polar surface area (TPSA) is 171 Å². The van der Waals surface area contributed by atoms with E-state index < -0.39 is 35.8 Å². The SMILES string of the molecule is CC(C)C(NC(=O)C(Cc1cnc[nH]1)NC(=O)CCCC(=O)O)C(=O)OO.